The summed E-state index contributed by atoms with van der Waals surface area (Å²) in [4.78, 5) is 4.73. The van der Waals surface area contributed by atoms with Crippen LogP contribution in [0, 0.1) is 31.0 Å². The van der Waals surface area contributed by atoms with Crippen LogP contribution >= 0.6 is 0 Å². The van der Waals surface area contributed by atoms with E-state index in [1.54, 1.807) is 0 Å². The first kappa shape index (κ1) is 15.9. The van der Waals surface area contributed by atoms with E-state index in [1.807, 2.05) is 0 Å². The van der Waals surface area contributed by atoms with Gasteiger partial charge in [0.05, 0.1) is 26.3 Å². The Morgan fingerprint density at radius 2 is 1.76 bits per heavy atom. The largest absolute Gasteiger partial charge is 0.252 e. The van der Waals surface area contributed by atoms with Crippen LogP contribution in [-0.4, -0.2) is 10.4 Å². The van der Waals surface area contributed by atoms with E-state index in [1.165, 1.54) is 33.5 Å². The van der Waals surface area contributed by atoms with Crippen LogP contribution in [-0.2, 0) is 0 Å². The van der Waals surface area contributed by atoms with Crippen LogP contribution in [0.4, 0.5) is 5.69 Å². The Morgan fingerprint density at radius 1 is 1.14 bits per heavy atom. The number of rotatable bonds is 0. The van der Waals surface area contributed by atoms with E-state index in [4.69, 9.17) is 23.6 Å². The van der Waals surface area contributed by atoms with Crippen molar-refractivity contribution in [3.63, 3.8) is 0 Å². The van der Waals surface area contributed by atoms with Crippen LogP contribution < -0.4 is 14.0 Å². The molecule has 0 saturated heterocycles. The normalized spacial score (nSPS) is 15.6. The second-order valence-corrected chi connectivity index (χ2v) is 5.80. The van der Waals surface area contributed by atoms with Gasteiger partial charge in [0, 0.05) is 17.6 Å². The fraction of sp³-hybridized carbons (Fsp3) is 0.267. The molecule has 112 valence electrons. The molecule has 0 amide bonds. The highest BCUT2D eigenvalue weighted by molar-refractivity contribution is 6.30. The van der Waals surface area contributed by atoms with E-state index in [9.17, 15) is 0 Å². The number of halogens is 1. The van der Waals surface area contributed by atoms with Gasteiger partial charge in [0.15, 0.2) is 0 Å². The molecule has 1 aromatic carbocycles. The summed E-state index contributed by atoms with van der Waals surface area (Å²) in [6.07, 6.45) is 7.47. The molecule has 0 aromatic heterocycles. The molecule has 1 heterocycles. The average molecular weight is 310 g/mol. The molecule has 0 fully saturated rings. The number of fused-ring (bicyclic) bond motifs is 3. The highest BCUT2D eigenvalue weighted by Crippen LogP contribution is 2.41. The summed E-state index contributed by atoms with van der Waals surface area (Å²) in [7, 11) is -4.69. The van der Waals surface area contributed by atoms with Crippen LogP contribution in [0.1, 0.15) is 28.7 Å². The maximum atomic E-state index is 8.60. The fourth-order valence-electron chi connectivity index (χ4n) is 2.52. The molecule has 1 aliphatic heterocycles. The number of aliphatic imine (C=N–C) groups is 1. The topological polar surface area (TPSA) is 102 Å². The summed E-state index contributed by atoms with van der Waals surface area (Å²) in [5, 5.41) is 0. The first-order chi connectivity index (χ1) is 9.68. The van der Waals surface area contributed by atoms with E-state index < -0.39 is 10.2 Å². The first-order valence-corrected chi connectivity index (χ1v) is 7.64. The number of benzene rings is 1. The Balaban J connectivity index is 0.000000282. The lowest BCUT2D eigenvalue weighted by Gasteiger charge is -2.12. The van der Waals surface area contributed by atoms with Gasteiger partial charge in [0.2, 0.25) is 0 Å². The second-order valence-electron chi connectivity index (χ2n) is 5.00. The molecule has 0 bridgehead atoms. The van der Waals surface area contributed by atoms with Crippen LogP contribution in [0.2, 0.25) is 0 Å². The summed E-state index contributed by atoms with van der Waals surface area (Å²) in [5.74, 6) is 0. The van der Waals surface area contributed by atoms with Gasteiger partial charge >= 0.3 is 0 Å². The molecule has 0 spiro atoms. The highest BCUT2D eigenvalue weighted by Gasteiger charge is 2.24. The SMILES string of the molecule is Cc1cc2c(c(C)c1C)C1=CC=CCC1=N2.[O-][Cl+3]([O-])([O-])O. The Morgan fingerprint density at radius 3 is 2.38 bits per heavy atom. The lowest BCUT2D eigenvalue weighted by Crippen LogP contribution is -2.58. The van der Waals surface area contributed by atoms with Crippen molar-refractivity contribution in [1.29, 1.82) is 0 Å². The van der Waals surface area contributed by atoms with Gasteiger partial charge in [-0.1, -0.05) is 18.2 Å². The molecule has 6 heteroatoms. The lowest BCUT2D eigenvalue weighted by atomic mass is 9.90. The summed E-state index contributed by atoms with van der Waals surface area (Å²) in [6, 6.07) is 2.21. The molecule has 5 nitrogen and oxygen atoms in total. The number of allylic oxidation sites excluding steroid dienone is 4. The fourth-order valence-corrected chi connectivity index (χ4v) is 2.52. The van der Waals surface area contributed by atoms with E-state index in [2.05, 4.69) is 45.1 Å². The third-order valence-electron chi connectivity index (χ3n) is 3.68. The smallest absolute Gasteiger partial charge is 0.0777 e. The lowest BCUT2D eigenvalue weighted by molar-refractivity contribution is -1.92. The van der Waals surface area contributed by atoms with E-state index >= 15 is 0 Å². The van der Waals surface area contributed by atoms with Crippen molar-refractivity contribution in [2.75, 3.05) is 0 Å². The van der Waals surface area contributed by atoms with Crippen LogP contribution in [0.3, 0.4) is 0 Å². The van der Waals surface area contributed by atoms with Crippen LogP contribution in [0.15, 0.2) is 29.3 Å². The zero-order valence-corrected chi connectivity index (χ0v) is 12.8. The summed E-state index contributed by atoms with van der Waals surface area (Å²) in [6.45, 7) is 6.57. The predicted molar refractivity (Wildman–Crippen MR) is 71.7 cm³/mol. The molecular formula is C15H16ClNO4. The summed E-state index contributed by atoms with van der Waals surface area (Å²) < 4.78 is 32.7. The van der Waals surface area contributed by atoms with E-state index in [-0.39, 0.29) is 0 Å². The molecule has 0 atom stereocenters. The zero-order valence-electron chi connectivity index (χ0n) is 12.0. The van der Waals surface area contributed by atoms with Crippen molar-refractivity contribution < 1.29 is 28.9 Å². The maximum Gasteiger partial charge on any atom is 0.0777 e. The molecule has 1 aliphatic carbocycles. The molecule has 0 radical (unpaired) electrons. The van der Waals surface area contributed by atoms with Gasteiger partial charge in [0.25, 0.3) is 0 Å². The van der Waals surface area contributed by atoms with Crippen molar-refractivity contribution in [2.45, 2.75) is 27.2 Å². The molecule has 1 aromatic rings. The van der Waals surface area contributed by atoms with Gasteiger partial charge in [-0.15, -0.1) is 0 Å². The molecule has 1 N–H and O–H groups in total. The quantitative estimate of drug-likeness (QED) is 0.724. The minimum atomic E-state index is -4.69. The van der Waals surface area contributed by atoms with Gasteiger partial charge in [-0.25, -0.2) is 0 Å². The van der Waals surface area contributed by atoms with Gasteiger partial charge in [-0.05, 0) is 43.5 Å². The van der Waals surface area contributed by atoms with Crippen molar-refractivity contribution in [2.24, 2.45) is 4.99 Å². The molecule has 3 rings (SSSR count). The van der Waals surface area contributed by atoms with E-state index in [0.29, 0.717) is 0 Å². The molecular weight excluding hydrogens is 294 g/mol. The molecule has 2 aliphatic rings. The highest BCUT2D eigenvalue weighted by atomic mass is 35.7. The number of nitrogens with zero attached hydrogens (tertiary/aromatic N) is 1. The van der Waals surface area contributed by atoms with Crippen molar-refractivity contribution in [3.8, 4) is 0 Å². The number of hydrogen-bond donors (Lipinski definition) is 1. The van der Waals surface area contributed by atoms with Gasteiger partial charge < -0.3 is 0 Å². The molecule has 21 heavy (non-hydrogen) atoms. The number of aryl methyl sites for hydroxylation is 1. The van der Waals surface area contributed by atoms with Crippen LogP contribution in [0.5, 0.6) is 0 Å². The Bertz CT molecular complexity index is 663. The zero-order chi connectivity index (χ0) is 15.8. The van der Waals surface area contributed by atoms with Crippen molar-refractivity contribution >= 4 is 17.0 Å². The minimum Gasteiger partial charge on any atom is -0.252 e. The third-order valence-corrected chi connectivity index (χ3v) is 3.68. The standard InChI is InChI=1S/C15H15N.ClHO4/c1-9-8-14-15(11(3)10(9)2)12-6-4-5-7-13(12)16-14;2-1(3,4)5/h4-6,8H,7H2,1-3H3;(H,2,3,4,5). The third kappa shape index (κ3) is 3.58. The Hall–Kier alpha value is -1.50. The second kappa shape index (κ2) is 5.71. The monoisotopic (exact) mass is 309 g/mol. The van der Waals surface area contributed by atoms with Crippen molar-refractivity contribution in [1.82, 2.24) is 0 Å². The Labute approximate surface area is 125 Å². The predicted octanol–water partition coefficient (Wildman–Crippen LogP) is -0.0827. The van der Waals surface area contributed by atoms with Crippen molar-refractivity contribution in [3.05, 3.63) is 46.5 Å². The number of hydrogen-bond acceptors (Lipinski definition) is 5. The minimum absolute atomic E-state index is 0.970. The molecule has 0 unspecified atom stereocenters. The van der Waals surface area contributed by atoms with Gasteiger partial charge in [0.1, 0.15) is 0 Å². The van der Waals surface area contributed by atoms with E-state index in [0.717, 1.165) is 12.1 Å². The summed E-state index contributed by atoms with van der Waals surface area (Å²) in [5.41, 5.74) is 9.19. The Kier molecular flexibility index (Phi) is 4.32. The maximum absolute atomic E-state index is 8.60. The van der Waals surface area contributed by atoms with Crippen LogP contribution in [0.25, 0.3) is 5.57 Å². The first-order valence-electron chi connectivity index (χ1n) is 6.37. The van der Waals surface area contributed by atoms with Gasteiger partial charge in [-0.3, -0.25) is 4.99 Å². The summed E-state index contributed by atoms with van der Waals surface area (Å²) >= 11 is 0. The average Bonchev–Trinajstić information content (AvgIpc) is 2.72. The van der Waals surface area contributed by atoms with Gasteiger partial charge in [-0.2, -0.15) is 14.0 Å². The molecule has 0 saturated carbocycles.